The first-order valence-electron chi connectivity index (χ1n) is 16.9. The van der Waals surface area contributed by atoms with Crippen LogP contribution in [-0.4, -0.2) is 65.8 Å². The highest BCUT2D eigenvalue weighted by Crippen LogP contribution is 2.18. The molecule has 0 aromatic rings. The molecule has 0 bridgehead atoms. The molecule has 0 N–H and O–H groups in total. The van der Waals surface area contributed by atoms with Crippen LogP contribution in [0, 0.1) is 0 Å². The zero-order chi connectivity index (χ0) is 32.7. The van der Waals surface area contributed by atoms with Crippen molar-refractivity contribution in [2.24, 2.45) is 0 Å². The second kappa shape index (κ2) is 41.1. The first kappa shape index (κ1) is 46.5. The van der Waals surface area contributed by atoms with Gasteiger partial charge in [-0.3, -0.25) is 0 Å². The smallest absolute Gasteiger partial charge is 0.500 e. The maximum Gasteiger partial charge on any atom is 0.500 e. The van der Waals surface area contributed by atoms with E-state index in [2.05, 4.69) is 19.7 Å². The van der Waals surface area contributed by atoms with Crippen molar-refractivity contribution >= 4 is 18.1 Å². The van der Waals surface area contributed by atoms with Crippen molar-refractivity contribution < 1.29 is 31.6 Å². The van der Waals surface area contributed by atoms with Crippen molar-refractivity contribution in [2.75, 3.05) is 47.8 Å². The zero-order valence-electron chi connectivity index (χ0n) is 29.3. The molecule has 0 saturated heterocycles. The molecular formula is C34H72O7Si2. The topological polar surface area (TPSA) is 64.6 Å². The molecular weight excluding hydrogens is 577 g/mol. The lowest BCUT2D eigenvalue weighted by Gasteiger charge is -2.24. The molecule has 0 saturated carbocycles. The van der Waals surface area contributed by atoms with Crippen molar-refractivity contribution in [3.8, 4) is 0 Å². The van der Waals surface area contributed by atoms with Crippen LogP contribution < -0.4 is 0 Å². The van der Waals surface area contributed by atoms with Gasteiger partial charge in [-0.1, -0.05) is 96.3 Å². The maximum absolute atomic E-state index is 5.41. The van der Waals surface area contributed by atoms with E-state index in [1.807, 2.05) is 26.5 Å². The summed E-state index contributed by atoms with van der Waals surface area (Å²) in [5.74, 6) is 0. The Morgan fingerprint density at radius 2 is 0.884 bits per heavy atom. The van der Waals surface area contributed by atoms with Gasteiger partial charge >= 0.3 is 18.1 Å². The number of hydrogen-bond acceptors (Lipinski definition) is 7. The van der Waals surface area contributed by atoms with Crippen LogP contribution in [0.5, 0.6) is 0 Å². The predicted octanol–water partition coefficient (Wildman–Crippen LogP) is 9.90. The average molecular weight is 649 g/mol. The summed E-state index contributed by atoms with van der Waals surface area (Å²) in [6.07, 6.45) is 26.8. The Balaban J connectivity index is -0.000000623. The minimum Gasteiger partial charge on any atom is -0.502 e. The molecule has 43 heavy (non-hydrogen) atoms. The van der Waals surface area contributed by atoms with Crippen LogP contribution in [-0.2, 0) is 31.6 Å². The summed E-state index contributed by atoms with van der Waals surface area (Å²) < 4.78 is 36.8. The molecule has 0 fully saturated rings. The number of rotatable bonds is 31. The molecule has 0 atom stereocenters. The van der Waals surface area contributed by atoms with E-state index in [0.717, 1.165) is 45.3 Å². The van der Waals surface area contributed by atoms with Gasteiger partial charge < -0.3 is 31.6 Å². The van der Waals surface area contributed by atoms with E-state index in [1.54, 1.807) is 21.3 Å². The molecule has 0 aliphatic heterocycles. The third kappa shape index (κ3) is 39.0. The van der Waals surface area contributed by atoms with Crippen LogP contribution in [0.1, 0.15) is 123 Å². The van der Waals surface area contributed by atoms with E-state index in [1.165, 1.54) is 109 Å². The van der Waals surface area contributed by atoms with E-state index in [4.69, 9.17) is 31.6 Å². The van der Waals surface area contributed by atoms with Gasteiger partial charge in [0.2, 0.25) is 0 Å². The molecule has 258 valence electrons. The molecule has 0 unspecified atom stereocenters. The van der Waals surface area contributed by atoms with Gasteiger partial charge in [-0.25, -0.2) is 0 Å². The largest absolute Gasteiger partial charge is 0.502 e. The first-order valence-corrected chi connectivity index (χ1v) is 20.9. The lowest BCUT2D eigenvalue weighted by Crippen LogP contribution is -2.42. The zero-order valence-corrected chi connectivity index (χ0v) is 31.5. The van der Waals surface area contributed by atoms with Crippen molar-refractivity contribution in [1.29, 1.82) is 0 Å². The number of unbranched alkanes of at least 4 members (excludes halogenated alkanes) is 15. The standard InChI is InChI=1S/C16H34O4Si.C13H24O.C5H14O2Si/c1-5-20-15-13-11-9-7-6-8-10-12-14-16-21(17-2,18-3)19-4;1-3-5-6-7-8-9-10-11-12-13-14-4-2;1-4-6-8(3)7-5-2/h5H,1,6-16H2,2-4H3;3-4H,1-2,5-13H2;8H,4-5H2,1-3H3. The highest BCUT2D eigenvalue weighted by molar-refractivity contribution is 6.60. The molecule has 7 nitrogen and oxygen atoms in total. The van der Waals surface area contributed by atoms with Gasteiger partial charge in [0.15, 0.2) is 0 Å². The number of ether oxygens (including phenoxy) is 2. The molecule has 0 spiro atoms. The Morgan fingerprint density at radius 1 is 0.535 bits per heavy atom. The Bertz CT molecular complexity index is 519. The fourth-order valence-corrected chi connectivity index (χ4v) is 7.19. The third-order valence-corrected chi connectivity index (χ3v) is 11.3. The van der Waals surface area contributed by atoms with E-state index in [9.17, 15) is 0 Å². The van der Waals surface area contributed by atoms with E-state index in [-0.39, 0.29) is 0 Å². The van der Waals surface area contributed by atoms with Crippen LogP contribution in [0.3, 0.4) is 0 Å². The molecule has 9 heteroatoms. The van der Waals surface area contributed by atoms with Crippen molar-refractivity contribution in [3.63, 3.8) is 0 Å². The second-order valence-electron chi connectivity index (χ2n) is 10.3. The van der Waals surface area contributed by atoms with Crippen LogP contribution in [0.15, 0.2) is 38.3 Å². The van der Waals surface area contributed by atoms with Gasteiger partial charge in [0.05, 0.1) is 25.7 Å². The van der Waals surface area contributed by atoms with Crippen LogP contribution >= 0.6 is 0 Å². The number of hydrogen-bond donors (Lipinski definition) is 0. The molecule has 0 aliphatic carbocycles. The SMILES string of the molecule is C=CCCCCCCCCCOC=C.C=COCCCCCCCCCCC[Si](OC)(OC)OC.CCO[SiH](C)OCC. The van der Waals surface area contributed by atoms with Crippen molar-refractivity contribution in [2.45, 2.75) is 136 Å². The van der Waals surface area contributed by atoms with Crippen LogP contribution in [0.2, 0.25) is 12.6 Å². The summed E-state index contributed by atoms with van der Waals surface area (Å²) in [5.41, 5.74) is 0. The molecule has 0 rings (SSSR count). The Kier molecular flexibility index (Phi) is 44.4. The summed E-state index contributed by atoms with van der Waals surface area (Å²) >= 11 is 0. The average Bonchev–Trinajstić information content (AvgIpc) is 3.02. The molecule has 0 aromatic carbocycles. The fraction of sp³-hybridized carbons (Fsp3) is 0.824. The quantitative estimate of drug-likeness (QED) is 0.0321. The van der Waals surface area contributed by atoms with E-state index < -0.39 is 18.1 Å². The minimum atomic E-state index is -2.33. The summed E-state index contributed by atoms with van der Waals surface area (Å²) in [4.78, 5) is 0. The van der Waals surface area contributed by atoms with E-state index >= 15 is 0 Å². The highest BCUT2D eigenvalue weighted by atomic mass is 28.4. The van der Waals surface area contributed by atoms with Gasteiger partial charge in [-0.05, 0) is 52.5 Å². The normalized spacial score (nSPS) is 10.8. The van der Waals surface area contributed by atoms with Gasteiger partial charge in [-0.2, -0.15) is 0 Å². The van der Waals surface area contributed by atoms with Gasteiger partial charge in [0, 0.05) is 40.6 Å². The van der Waals surface area contributed by atoms with Crippen LogP contribution in [0.4, 0.5) is 0 Å². The van der Waals surface area contributed by atoms with Crippen molar-refractivity contribution in [1.82, 2.24) is 0 Å². The Morgan fingerprint density at radius 3 is 1.21 bits per heavy atom. The maximum atomic E-state index is 5.41. The molecule has 0 heterocycles. The minimum absolute atomic E-state index is 0.785. The molecule has 0 amide bonds. The summed E-state index contributed by atoms with van der Waals surface area (Å²) in [6, 6.07) is 0.916. The monoisotopic (exact) mass is 648 g/mol. The molecule has 0 aliphatic rings. The summed E-state index contributed by atoms with van der Waals surface area (Å²) in [6.45, 7) is 20.0. The third-order valence-electron chi connectivity index (χ3n) is 6.89. The molecule has 0 aromatic heterocycles. The summed E-state index contributed by atoms with van der Waals surface area (Å²) in [5, 5.41) is 0. The van der Waals surface area contributed by atoms with Gasteiger partial charge in [0.1, 0.15) is 0 Å². The second-order valence-corrected chi connectivity index (χ2v) is 15.2. The van der Waals surface area contributed by atoms with Gasteiger partial charge in [0.25, 0.3) is 0 Å². The molecule has 0 radical (unpaired) electrons. The lowest BCUT2D eigenvalue weighted by molar-refractivity contribution is 0.122. The number of allylic oxidation sites excluding steroid dienone is 1. The highest BCUT2D eigenvalue weighted by Gasteiger charge is 2.36. The van der Waals surface area contributed by atoms with Crippen LogP contribution in [0.25, 0.3) is 0 Å². The summed E-state index contributed by atoms with van der Waals surface area (Å²) in [7, 11) is 1.50. The first-order chi connectivity index (χ1) is 21.0. The lowest BCUT2D eigenvalue weighted by atomic mass is 10.1. The fourth-order valence-electron chi connectivity index (χ4n) is 4.36. The van der Waals surface area contributed by atoms with E-state index in [0.29, 0.717) is 0 Å². The van der Waals surface area contributed by atoms with Gasteiger partial charge in [-0.15, -0.1) is 6.58 Å². The van der Waals surface area contributed by atoms with Crippen molar-refractivity contribution in [3.05, 3.63) is 38.3 Å². The predicted molar refractivity (Wildman–Crippen MR) is 189 cm³/mol. The Hall–Kier alpha value is -0.946. The Labute approximate surface area is 270 Å².